The lowest BCUT2D eigenvalue weighted by atomic mass is 10.1. The molecule has 178 valence electrons. The fourth-order valence-corrected chi connectivity index (χ4v) is 3.35. The highest BCUT2D eigenvalue weighted by molar-refractivity contribution is 6.07. The molecule has 0 spiro atoms. The van der Waals surface area contributed by atoms with Crippen molar-refractivity contribution < 1.29 is 24.2 Å². The van der Waals surface area contributed by atoms with E-state index in [4.69, 9.17) is 9.84 Å². The van der Waals surface area contributed by atoms with Gasteiger partial charge in [0.05, 0.1) is 5.69 Å². The molecule has 2 aromatic rings. The minimum Gasteiger partial charge on any atom is -0.478 e. The topological polar surface area (TPSA) is 100 Å². The second-order valence-corrected chi connectivity index (χ2v) is 8.89. The van der Waals surface area contributed by atoms with Crippen LogP contribution in [-0.2, 0) is 9.53 Å². The number of carboxylic acids is 1. The lowest BCUT2D eigenvalue weighted by molar-refractivity contribution is -0.131. The van der Waals surface area contributed by atoms with Gasteiger partial charge in [0.1, 0.15) is 5.60 Å². The van der Waals surface area contributed by atoms with Gasteiger partial charge in [0.2, 0.25) is 0 Å². The Bertz CT molecular complexity index is 1070. The normalized spacial score (nSPS) is 14.6. The van der Waals surface area contributed by atoms with Crippen LogP contribution in [0.5, 0.6) is 0 Å². The van der Waals surface area contributed by atoms with Crippen molar-refractivity contribution in [2.45, 2.75) is 26.4 Å². The molecule has 1 saturated heterocycles. The second-order valence-electron chi connectivity index (χ2n) is 8.89. The van der Waals surface area contributed by atoms with E-state index >= 15 is 0 Å². The Balaban J connectivity index is 1.54. The van der Waals surface area contributed by atoms with Crippen LogP contribution >= 0.6 is 0 Å². The molecule has 0 saturated carbocycles. The maximum Gasteiger partial charge on any atom is 0.410 e. The zero-order valence-corrected chi connectivity index (χ0v) is 19.6. The number of aromatic nitrogens is 1. The van der Waals surface area contributed by atoms with E-state index in [1.54, 1.807) is 41.4 Å². The first-order valence-corrected chi connectivity index (χ1v) is 11.0. The monoisotopic (exact) mass is 463 g/mol. The summed E-state index contributed by atoms with van der Waals surface area (Å²) in [6.45, 7) is 8.11. The quantitative estimate of drug-likeness (QED) is 0.508. The fourth-order valence-electron chi connectivity index (χ4n) is 3.35. The van der Waals surface area contributed by atoms with Gasteiger partial charge in [-0.2, -0.15) is 0 Å². The predicted octanol–water partition coefficient (Wildman–Crippen LogP) is 4.13. The van der Waals surface area contributed by atoms with E-state index in [-0.39, 0.29) is 11.9 Å². The number of ether oxygens (including phenoxy) is 1. The number of aliphatic carboxylic acids is 1. The molecule has 1 aliphatic heterocycles. The predicted molar refractivity (Wildman–Crippen MR) is 131 cm³/mol. The zero-order chi connectivity index (χ0) is 24.7. The molecule has 0 unspecified atom stereocenters. The maximum absolute atomic E-state index is 12.5. The van der Waals surface area contributed by atoms with E-state index < -0.39 is 11.6 Å². The number of nitrogens with zero attached hydrogens (tertiary/aromatic N) is 3. The molecule has 34 heavy (non-hydrogen) atoms. The van der Waals surface area contributed by atoms with Gasteiger partial charge in [-0.05, 0) is 74.9 Å². The minimum absolute atomic E-state index is 0.129. The highest BCUT2D eigenvalue weighted by Crippen LogP contribution is 2.19. The Labute approximate surface area is 199 Å². The lowest BCUT2D eigenvalue weighted by Crippen LogP contribution is -2.50. The average Bonchev–Trinajstić information content (AvgIpc) is 2.81. The van der Waals surface area contributed by atoms with E-state index in [0.29, 0.717) is 37.4 Å². The van der Waals surface area contributed by atoms with Gasteiger partial charge in [0, 0.05) is 49.7 Å². The van der Waals surface area contributed by atoms with Crippen LogP contribution in [-0.4, -0.2) is 64.6 Å². The number of allylic oxidation sites excluding steroid dienone is 1. The summed E-state index contributed by atoms with van der Waals surface area (Å²) < 4.78 is 5.44. The molecule has 0 aliphatic carbocycles. The van der Waals surface area contributed by atoms with Crippen molar-refractivity contribution in [2.24, 2.45) is 0 Å². The third-order valence-electron chi connectivity index (χ3n) is 5.08. The number of hydrogen-bond acceptors (Lipinski definition) is 6. The molecule has 1 fully saturated rings. The second kappa shape index (κ2) is 10.8. The van der Waals surface area contributed by atoms with Crippen molar-refractivity contribution >= 4 is 35.7 Å². The van der Waals surface area contributed by atoms with Gasteiger partial charge in [-0.25, -0.2) is 9.59 Å². The lowest BCUT2D eigenvalue weighted by Gasteiger charge is -2.36. The first-order valence-electron chi connectivity index (χ1n) is 11.0. The number of ketones is 1. The fraction of sp³-hybridized carbons (Fsp3) is 0.308. The van der Waals surface area contributed by atoms with Crippen LogP contribution < -0.4 is 4.90 Å². The van der Waals surface area contributed by atoms with E-state index in [1.807, 2.05) is 32.9 Å². The largest absolute Gasteiger partial charge is 0.478 e. The van der Waals surface area contributed by atoms with Crippen LogP contribution in [0.2, 0.25) is 0 Å². The maximum atomic E-state index is 12.5. The highest BCUT2D eigenvalue weighted by atomic mass is 16.6. The number of benzene rings is 1. The van der Waals surface area contributed by atoms with E-state index in [2.05, 4.69) is 9.88 Å². The first-order chi connectivity index (χ1) is 16.1. The van der Waals surface area contributed by atoms with Gasteiger partial charge in [0.25, 0.3) is 0 Å². The number of carbonyl (C=O) groups excluding carboxylic acids is 2. The summed E-state index contributed by atoms with van der Waals surface area (Å²) in [7, 11) is 0. The number of carboxylic acid groups (broad SMARTS) is 1. The van der Waals surface area contributed by atoms with Crippen LogP contribution in [0.15, 0.2) is 54.7 Å². The molecule has 0 bridgehead atoms. The summed E-state index contributed by atoms with van der Waals surface area (Å²) in [6, 6.07) is 10.9. The van der Waals surface area contributed by atoms with Gasteiger partial charge in [0.15, 0.2) is 5.78 Å². The summed E-state index contributed by atoms with van der Waals surface area (Å²) in [6.07, 6.45) is 6.86. The van der Waals surface area contributed by atoms with Crippen molar-refractivity contribution in [1.82, 2.24) is 9.88 Å². The van der Waals surface area contributed by atoms with Crippen molar-refractivity contribution in [3.8, 4) is 0 Å². The van der Waals surface area contributed by atoms with Crippen molar-refractivity contribution in [3.63, 3.8) is 0 Å². The Morgan fingerprint density at radius 3 is 2.18 bits per heavy atom. The standard InChI is InChI=1S/C26H29N3O5/c1-26(2,3)34-25(33)29-16-14-28(15-17-29)22-10-6-20(7-11-22)23(30)12-5-19-4-8-21(27-18-19)9-13-24(31)32/h4-13,18H,14-17H2,1-3H3,(H,31,32). The molecular formula is C26H29N3O5. The van der Waals surface area contributed by atoms with Crippen LogP contribution in [0.25, 0.3) is 12.2 Å². The molecular weight excluding hydrogens is 434 g/mol. The smallest absolute Gasteiger partial charge is 0.410 e. The van der Waals surface area contributed by atoms with Crippen molar-refractivity contribution in [3.05, 3.63) is 71.6 Å². The summed E-state index contributed by atoms with van der Waals surface area (Å²) in [4.78, 5) is 43.3. The van der Waals surface area contributed by atoms with Gasteiger partial charge < -0.3 is 19.6 Å². The third kappa shape index (κ3) is 7.30. The van der Waals surface area contributed by atoms with Gasteiger partial charge in [-0.3, -0.25) is 9.78 Å². The van der Waals surface area contributed by atoms with Crippen molar-refractivity contribution in [2.75, 3.05) is 31.1 Å². The van der Waals surface area contributed by atoms with Gasteiger partial charge in [-0.15, -0.1) is 0 Å². The number of hydrogen-bond donors (Lipinski definition) is 1. The number of carbonyl (C=O) groups is 3. The summed E-state index contributed by atoms with van der Waals surface area (Å²) in [5.74, 6) is -1.17. The summed E-state index contributed by atoms with van der Waals surface area (Å²) >= 11 is 0. The molecule has 8 heteroatoms. The van der Waals surface area contributed by atoms with Crippen LogP contribution in [0.1, 0.15) is 42.4 Å². The molecule has 1 aromatic heterocycles. The Morgan fingerprint density at radius 1 is 0.941 bits per heavy atom. The number of piperazine rings is 1. The molecule has 8 nitrogen and oxygen atoms in total. The molecule has 1 aromatic carbocycles. The van der Waals surface area contributed by atoms with Crippen LogP contribution in [0, 0.1) is 0 Å². The molecule has 2 heterocycles. The molecule has 1 N–H and O–H groups in total. The van der Waals surface area contributed by atoms with Crippen LogP contribution in [0.3, 0.4) is 0 Å². The van der Waals surface area contributed by atoms with E-state index in [0.717, 1.165) is 17.3 Å². The molecule has 0 atom stereocenters. The molecule has 3 rings (SSSR count). The zero-order valence-electron chi connectivity index (χ0n) is 19.6. The highest BCUT2D eigenvalue weighted by Gasteiger charge is 2.25. The third-order valence-corrected chi connectivity index (χ3v) is 5.08. The van der Waals surface area contributed by atoms with Crippen LogP contribution in [0.4, 0.5) is 10.5 Å². The van der Waals surface area contributed by atoms with E-state index in [9.17, 15) is 14.4 Å². The number of pyridine rings is 1. The van der Waals surface area contributed by atoms with Gasteiger partial charge >= 0.3 is 12.1 Å². The first kappa shape index (κ1) is 24.7. The van der Waals surface area contributed by atoms with Crippen molar-refractivity contribution in [1.29, 1.82) is 0 Å². The average molecular weight is 464 g/mol. The number of amides is 1. The SMILES string of the molecule is CC(C)(C)OC(=O)N1CCN(c2ccc(C(=O)C=Cc3ccc(C=CC(=O)O)nc3)cc2)CC1. The summed E-state index contributed by atoms with van der Waals surface area (Å²) in [5, 5.41) is 8.65. The molecule has 1 amide bonds. The summed E-state index contributed by atoms with van der Waals surface area (Å²) in [5.41, 5.74) is 2.32. The molecule has 1 aliphatic rings. The Morgan fingerprint density at radius 2 is 1.62 bits per heavy atom. The Hall–Kier alpha value is -3.94. The molecule has 0 radical (unpaired) electrons. The van der Waals surface area contributed by atoms with Gasteiger partial charge in [-0.1, -0.05) is 6.07 Å². The number of rotatable bonds is 6. The van der Waals surface area contributed by atoms with E-state index in [1.165, 1.54) is 12.2 Å². The number of anilines is 1. The minimum atomic E-state index is -1.04. The Kier molecular flexibility index (Phi) is 7.83.